The summed E-state index contributed by atoms with van der Waals surface area (Å²) in [4.78, 5) is 11.8. The molecule has 1 aliphatic heterocycles. The van der Waals surface area contributed by atoms with E-state index in [1.807, 2.05) is 6.92 Å². The normalized spacial score (nSPS) is 14.9. The number of nitrogens with one attached hydrogen (secondary N) is 1. The van der Waals surface area contributed by atoms with E-state index in [-0.39, 0.29) is 11.8 Å². The fourth-order valence-electron chi connectivity index (χ4n) is 1.76. The molecule has 0 saturated carbocycles. The van der Waals surface area contributed by atoms with Crippen LogP contribution in [0.25, 0.3) is 0 Å². The van der Waals surface area contributed by atoms with Crippen LogP contribution in [-0.4, -0.2) is 25.7 Å². The molecule has 0 aliphatic carbocycles. The molecule has 1 amide bonds. The third-order valence-corrected chi connectivity index (χ3v) is 3.15. The molecular weight excluding hydrogens is 268 g/mol. The predicted molar refractivity (Wildman–Crippen MR) is 73.9 cm³/mol. The van der Waals surface area contributed by atoms with Crippen LogP contribution in [0.1, 0.15) is 13.3 Å². The molecule has 1 aromatic carbocycles. The van der Waals surface area contributed by atoms with Crippen LogP contribution in [0, 0.1) is 5.92 Å². The van der Waals surface area contributed by atoms with Gasteiger partial charge in [0, 0.05) is 18.6 Å². The minimum atomic E-state index is -0.114. The molecule has 19 heavy (non-hydrogen) atoms. The van der Waals surface area contributed by atoms with Crippen molar-refractivity contribution in [2.75, 3.05) is 25.1 Å². The van der Waals surface area contributed by atoms with Gasteiger partial charge in [0.15, 0.2) is 11.5 Å². The van der Waals surface area contributed by atoms with E-state index >= 15 is 0 Å². The zero-order valence-electron chi connectivity index (χ0n) is 10.7. The van der Waals surface area contributed by atoms with Crippen molar-refractivity contribution in [3.8, 4) is 11.5 Å². The fraction of sp³-hybridized carbons (Fsp3) is 0.462. The number of fused-ring (bicyclic) bond motifs is 1. The molecule has 1 unspecified atom stereocenters. The quantitative estimate of drug-likeness (QED) is 0.887. The number of carbonyl (C=O) groups excluding carboxylic acids is 1. The van der Waals surface area contributed by atoms with Crippen LogP contribution < -0.4 is 20.5 Å². The lowest BCUT2D eigenvalue weighted by Gasteiger charge is -2.20. The molecule has 1 atom stereocenters. The van der Waals surface area contributed by atoms with Crippen molar-refractivity contribution in [2.24, 2.45) is 11.7 Å². The van der Waals surface area contributed by atoms with Crippen LogP contribution in [0.4, 0.5) is 5.69 Å². The monoisotopic (exact) mass is 284 g/mol. The second kappa shape index (κ2) is 6.12. The van der Waals surface area contributed by atoms with Gasteiger partial charge in [0.1, 0.15) is 13.2 Å². The highest BCUT2D eigenvalue weighted by atomic mass is 35.5. The molecule has 0 bridgehead atoms. The number of halogens is 1. The minimum Gasteiger partial charge on any atom is -0.486 e. The van der Waals surface area contributed by atoms with E-state index < -0.39 is 0 Å². The number of nitrogens with two attached hydrogens (primary N) is 1. The second-order valence-electron chi connectivity index (χ2n) is 4.57. The van der Waals surface area contributed by atoms with E-state index in [0.29, 0.717) is 48.4 Å². The van der Waals surface area contributed by atoms with Gasteiger partial charge in [-0.3, -0.25) is 4.79 Å². The van der Waals surface area contributed by atoms with Crippen molar-refractivity contribution >= 4 is 23.2 Å². The van der Waals surface area contributed by atoms with E-state index in [1.165, 1.54) is 0 Å². The highest BCUT2D eigenvalue weighted by molar-refractivity contribution is 6.34. The van der Waals surface area contributed by atoms with Crippen molar-refractivity contribution < 1.29 is 14.3 Å². The molecule has 0 aromatic heterocycles. The van der Waals surface area contributed by atoms with Gasteiger partial charge in [-0.1, -0.05) is 18.5 Å². The molecule has 0 saturated heterocycles. The first kappa shape index (κ1) is 14.0. The summed E-state index contributed by atoms with van der Waals surface area (Å²) in [7, 11) is 0. The zero-order valence-corrected chi connectivity index (χ0v) is 11.5. The molecule has 104 valence electrons. The maximum absolute atomic E-state index is 11.8. The Balaban J connectivity index is 2.10. The van der Waals surface area contributed by atoms with Gasteiger partial charge in [-0.15, -0.1) is 0 Å². The van der Waals surface area contributed by atoms with Crippen LogP contribution >= 0.6 is 11.6 Å². The molecule has 0 fully saturated rings. The maximum atomic E-state index is 11.8. The third-order valence-electron chi connectivity index (χ3n) is 2.84. The SMILES string of the molecule is CC(CN)CC(=O)Nc1cc2c(cc1Cl)OCCO2. The summed E-state index contributed by atoms with van der Waals surface area (Å²) >= 11 is 6.10. The number of amides is 1. The Hall–Kier alpha value is -1.46. The average molecular weight is 285 g/mol. The summed E-state index contributed by atoms with van der Waals surface area (Å²) in [5, 5.41) is 3.19. The van der Waals surface area contributed by atoms with Crippen molar-refractivity contribution in [3.63, 3.8) is 0 Å². The standard InChI is InChI=1S/C13H17ClN2O3/c1-8(7-15)4-13(17)16-10-6-12-11(5-9(10)14)18-2-3-19-12/h5-6,8H,2-4,7,15H2,1H3,(H,16,17). The molecular formula is C13H17ClN2O3. The Kier molecular flexibility index (Phi) is 4.50. The molecule has 1 aliphatic rings. The molecule has 2 rings (SSSR count). The number of hydrogen-bond acceptors (Lipinski definition) is 4. The first-order valence-corrected chi connectivity index (χ1v) is 6.57. The van der Waals surface area contributed by atoms with E-state index in [2.05, 4.69) is 5.32 Å². The third kappa shape index (κ3) is 3.52. The van der Waals surface area contributed by atoms with Crippen LogP contribution in [0.15, 0.2) is 12.1 Å². The number of hydrogen-bond donors (Lipinski definition) is 2. The van der Waals surface area contributed by atoms with Crippen molar-refractivity contribution in [3.05, 3.63) is 17.2 Å². The van der Waals surface area contributed by atoms with Crippen LogP contribution in [0.2, 0.25) is 5.02 Å². The number of rotatable bonds is 4. The largest absolute Gasteiger partial charge is 0.486 e. The number of anilines is 1. The number of ether oxygens (including phenoxy) is 2. The van der Waals surface area contributed by atoms with E-state index in [0.717, 1.165) is 0 Å². The van der Waals surface area contributed by atoms with Crippen LogP contribution in [0.5, 0.6) is 11.5 Å². The van der Waals surface area contributed by atoms with Crippen molar-refractivity contribution in [2.45, 2.75) is 13.3 Å². The lowest BCUT2D eigenvalue weighted by Crippen LogP contribution is -2.20. The van der Waals surface area contributed by atoms with Gasteiger partial charge in [-0.05, 0) is 12.5 Å². The second-order valence-corrected chi connectivity index (χ2v) is 4.98. The first-order valence-electron chi connectivity index (χ1n) is 6.19. The molecule has 3 N–H and O–H groups in total. The van der Waals surface area contributed by atoms with Crippen LogP contribution in [-0.2, 0) is 4.79 Å². The topological polar surface area (TPSA) is 73.6 Å². The summed E-state index contributed by atoms with van der Waals surface area (Å²) in [5.41, 5.74) is 6.02. The lowest BCUT2D eigenvalue weighted by atomic mass is 10.1. The highest BCUT2D eigenvalue weighted by Crippen LogP contribution is 2.37. The van der Waals surface area contributed by atoms with E-state index in [1.54, 1.807) is 12.1 Å². The van der Waals surface area contributed by atoms with Gasteiger partial charge in [0.25, 0.3) is 0 Å². The fourth-order valence-corrected chi connectivity index (χ4v) is 1.96. The van der Waals surface area contributed by atoms with Gasteiger partial charge in [-0.25, -0.2) is 0 Å². The molecule has 0 radical (unpaired) electrons. The summed E-state index contributed by atoms with van der Waals surface area (Å²) < 4.78 is 10.9. The Labute approximate surface area is 117 Å². The zero-order chi connectivity index (χ0) is 13.8. The Morgan fingerprint density at radius 3 is 2.68 bits per heavy atom. The molecule has 0 spiro atoms. The van der Waals surface area contributed by atoms with Gasteiger partial charge in [-0.2, -0.15) is 0 Å². The number of carbonyl (C=O) groups is 1. The van der Waals surface area contributed by atoms with Crippen molar-refractivity contribution in [1.29, 1.82) is 0 Å². The van der Waals surface area contributed by atoms with Gasteiger partial charge in [0.2, 0.25) is 5.91 Å². The van der Waals surface area contributed by atoms with Gasteiger partial charge in [0.05, 0.1) is 10.7 Å². The molecule has 1 heterocycles. The number of benzene rings is 1. The smallest absolute Gasteiger partial charge is 0.224 e. The first-order chi connectivity index (χ1) is 9.10. The summed E-state index contributed by atoms with van der Waals surface area (Å²) in [5.74, 6) is 1.22. The van der Waals surface area contributed by atoms with Crippen LogP contribution in [0.3, 0.4) is 0 Å². The van der Waals surface area contributed by atoms with Gasteiger partial charge >= 0.3 is 0 Å². The highest BCUT2D eigenvalue weighted by Gasteiger charge is 2.16. The van der Waals surface area contributed by atoms with E-state index in [9.17, 15) is 4.79 Å². The van der Waals surface area contributed by atoms with Gasteiger partial charge < -0.3 is 20.5 Å². The Morgan fingerprint density at radius 1 is 1.42 bits per heavy atom. The average Bonchev–Trinajstić information content (AvgIpc) is 2.39. The Morgan fingerprint density at radius 2 is 2.05 bits per heavy atom. The maximum Gasteiger partial charge on any atom is 0.224 e. The summed E-state index contributed by atoms with van der Waals surface area (Å²) in [6.07, 6.45) is 0.362. The Bertz CT molecular complexity index is 479. The molecule has 5 nitrogen and oxygen atoms in total. The van der Waals surface area contributed by atoms with E-state index in [4.69, 9.17) is 26.8 Å². The minimum absolute atomic E-state index is 0.114. The molecule has 6 heteroatoms. The van der Waals surface area contributed by atoms with Crippen molar-refractivity contribution in [1.82, 2.24) is 0 Å². The molecule has 1 aromatic rings. The lowest BCUT2D eigenvalue weighted by molar-refractivity contribution is -0.116. The summed E-state index contributed by atoms with van der Waals surface area (Å²) in [6.45, 7) is 3.39. The predicted octanol–water partition coefficient (Wildman–Crippen LogP) is 2.03. The summed E-state index contributed by atoms with van der Waals surface area (Å²) in [6, 6.07) is 3.33.